The fraction of sp³-hybridized carbons (Fsp3) is 0.182. The highest BCUT2D eigenvalue weighted by Crippen LogP contribution is 2.22. The number of rotatable bonds is 8. The van der Waals surface area contributed by atoms with Crippen LogP contribution in [0.25, 0.3) is 11.3 Å². The zero-order valence-corrected chi connectivity index (χ0v) is 17.2. The van der Waals surface area contributed by atoms with E-state index in [1.807, 2.05) is 39.9 Å². The summed E-state index contributed by atoms with van der Waals surface area (Å²) < 4.78 is 18.8. The normalized spacial score (nSPS) is 10.9. The van der Waals surface area contributed by atoms with Crippen molar-refractivity contribution in [2.24, 2.45) is 0 Å². The van der Waals surface area contributed by atoms with E-state index in [1.54, 1.807) is 41.0 Å². The maximum Gasteiger partial charge on any atom is 0.223 e. The summed E-state index contributed by atoms with van der Waals surface area (Å²) in [6.07, 6.45) is 2.35. The van der Waals surface area contributed by atoms with Crippen LogP contribution in [0.4, 0.5) is 4.39 Å². The Morgan fingerprint density at radius 2 is 1.66 bits per heavy atom. The highest BCUT2D eigenvalue weighted by atomic mass is 32.1. The molecule has 1 aromatic carbocycles. The van der Waals surface area contributed by atoms with Gasteiger partial charge in [-0.3, -0.25) is 4.79 Å². The first kappa shape index (κ1) is 19.5. The number of carbonyl (C=O) groups excluding carboxylic acids is 1. The first-order valence-corrected chi connectivity index (χ1v) is 11.0. The van der Waals surface area contributed by atoms with Crippen LogP contribution in [0.2, 0.25) is 0 Å². The second kappa shape index (κ2) is 9.15. The molecule has 1 amide bonds. The van der Waals surface area contributed by atoms with Crippen molar-refractivity contribution in [3.05, 3.63) is 87.0 Å². The molecule has 4 rings (SSSR count). The molecule has 0 saturated carbocycles. The number of benzene rings is 1. The lowest BCUT2D eigenvalue weighted by Gasteiger charge is -2.21. The average Bonchev–Trinajstić information content (AvgIpc) is 3.49. The third-order valence-electron chi connectivity index (χ3n) is 4.44. The zero-order chi connectivity index (χ0) is 20.1. The van der Waals surface area contributed by atoms with Gasteiger partial charge in [-0.15, -0.1) is 22.7 Å². The maximum absolute atomic E-state index is 13.1. The summed E-state index contributed by atoms with van der Waals surface area (Å²) in [6, 6.07) is 14.1. The molecule has 4 aromatic rings. The minimum Gasteiger partial charge on any atom is -0.441 e. The third-order valence-corrected chi connectivity index (χ3v) is 6.16. The van der Waals surface area contributed by atoms with E-state index in [9.17, 15) is 9.18 Å². The molecule has 7 heteroatoms. The molecular weight excluding hydrogens is 407 g/mol. The Morgan fingerprint density at radius 1 is 1.00 bits per heavy atom. The Labute approximate surface area is 176 Å². The Kier molecular flexibility index (Phi) is 6.17. The van der Waals surface area contributed by atoms with Gasteiger partial charge < -0.3 is 9.32 Å². The highest BCUT2D eigenvalue weighted by Gasteiger charge is 2.17. The van der Waals surface area contributed by atoms with Gasteiger partial charge in [-0.1, -0.05) is 12.1 Å². The number of aromatic nitrogens is 1. The first-order valence-electron chi connectivity index (χ1n) is 9.20. The molecule has 0 spiro atoms. The number of hydrogen-bond donors (Lipinski definition) is 0. The minimum atomic E-state index is -0.296. The van der Waals surface area contributed by atoms with Crippen molar-refractivity contribution in [1.29, 1.82) is 0 Å². The molecule has 0 aliphatic heterocycles. The van der Waals surface area contributed by atoms with Crippen LogP contribution in [0.5, 0.6) is 0 Å². The molecule has 4 nitrogen and oxygen atoms in total. The molecule has 3 aromatic heterocycles. The van der Waals surface area contributed by atoms with Crippen LogP contribution in [0.3, 0.4) is 0 Å². The van der Waals surface area contributed by atoms with E-state index in [2.05, 4.69) is 4.98 Å². The lowest BCUT2D eigenvalue weighted by atomic mass is 10.2. The van der Waals surface area contributed by atoms with Crippen molar-refractivity contribution in [2.75, 3.05) is 0 Å². The number of aryl methyl sites for hydroxylation is 1. The van der Waals surface area contributed by atoms with Crippen molar-refractivity contribution in [3.8, 4) is 11.3 Å². The Bertz CT molecular complexity index is 1000. The van der Waals surface area contributed by atoms with Crippen molar-refractivity contribution in [3.63, 3.8) is 0 Å². The summed E-state index contributed by atoms with van der Waals surface area (Å²) in [5, 5.41) is 4.04. The molecule has 29 heavy (non-hydrogen) atoms. The molecular formula is C22H19FN2O2S2. The van der Waals surface area contributed by atoms with E-state index in [4.69, 9.17) is 4.42 Å². The maximum atomic E-state index is 13.1. The second-order valence-corrected chi connectivity index (χ2v) is 8.60. The first-order chi connectivity index (χ1) is 14.2. The van der Waals surface area contributed by atoms with Gasteiger partial charge in [0, 0.05) is 28.2 Å². The Hall–Kier alpha value is -2.77. The van der Waals surface area contributed by atoms with Crippen LogP contribution in [0, 0.1) is 5.82 Å². The van der Waals surface area contributed by atoms with E-state index in [0.29, 0.717) is 37.6 Å². The molecule has 0 saturated heterocycles. The lowest BCUT2D eigenvalue weighted by Crippen LogP contribution is -2.29. The van der Waals surface area contributed by atoms with Crippen molar-refractivity contribution >= 4 is 28.6 Å². The van der Waals surface area contributed by atoms with Crippen LogP contribution >= 0.6 is 22.7 Å². The van der Waals surface area contributed by atoms with E-state index in [-0.39, 0.29) is 11.7 Å². The van der Waals surface area contributed by atoms with Crippen LogP contribution < -0.4 is 0 Å². The van der Waals surface area contributed by atoms with Gasteiger partial charge in [-0.05, 0) is 47.2 Å². The number of oxazole rings is 1. The number of nitrogens with zero attached hydrogens (tertiary/aromatic N) is 2. The van der Waals surface area contributed by atoms with E-state index < -0.39 is 0 Å². The predicted molar refractivity (Wildman–Crippen MR) is 113 cm³/mol. The van der Waals surface area contributed by atoms with E-state index >= 15 is 0 Å². The molecule has 0 bridgehead atoms. The molecule has 3 heterocycles. The average molecular weight is 427 g/mol. The molecule has 0 N–H and O–H groups in total. The predicted octanol–water partition coefficient (Wildman–Crippen LogP) is 5.77. The second-order valence-electron chi connectivity index (χ2n) is 6.53. The largest absolute Gasteiger partial charge is 0.441 e. The van der Waals surface area contributed by atoms with Gasteiger partial charge in [0.15, 0.2) is 11.7 Å². The van der Waals surface area contributed by atoms with Crippen LogP contribution in [-0.2, 0) is 24.3 Å². The molecule has 0 aliphatic carbocycles. The molecule has 0 fully saturated rings. The van der Waals surface area contributed by atoms with Crippen molar-refractivity contribution in [2.45, 2.75) is 25.9 Å². The minimum absolute atomic E-state index is 0.0633. The SMILES string of the molecule is O=C(CCc1ncc(-c2ccc(F)cc2)o1)N(Cc1cccs1)Cc1cccs1. The summed E-state index contributed by atoms with van der Waals surface area (Å²) in [4.78, 5) is 21.4. The Morgan fingerprint density at radius 3 is 2.24 bits per heavy atom. The van der Waals surface area contributed by atoms with Gasteiger partial charge in [0.05, 0.1) is 19.3 Å². The van der Waals surface area contributed by atoms with Gasteiger partial charge in [0.2, 0.25) is 5.91 Å². The monoisotopic (exact) mass is 426 g/mol. The standard InChI is InChI=1S/C22H19FN2O2S2/c23-17-7-5-16(6-8-17)20-13-24-21(27-20)9-10-22(26)25(14-18-3-1-11-28-18)15-19-4-2-12-29-19/h1-8,11-13H,9-10,14-15H2. The van der Waals surface area contributed by atoms with Gasteiger partial charge >= 0.3 is 0 Å². The van der Waals surface area contributed by atoms with Gasteiger partial charge in [0.1, 0.15) is 5.82 Å². The molecule has 148 valence electrons. The topological polar surface area (TPSA) is 46.3 Å². The van der Waals surface area contributed by atoms with Crippen molar-refractivity contribution < 1.29 is 13.6 Å². The quantitative estimate of drug-likeness (QED) is 0.360. The summed E-state index contributed by atoms with van der Waals surface area (Å²) >= 11 is 3.30. The van der Waals surface area contributed by atoms with Crippen LogP contribution in [0.15, 0.2) is 69.9 Å². The Balaban J connectivity index is 1.40. The highest BCUT2D eigenvalue weighted by molar-refractivity contribution is 7.10. The summed E-state index contributed by atoms with van der Waals surface area (Å²) in [5.41, 5.74) is 0.758. The van der Waals surface area contributed by atoms with Gasteiger partial charge in [-0.25, -0.2) is 9.37 Å². The summed E-state index contributed by atoms with van der Waals surface area (Å²) in [5.74, 6) is 0.843. The number of thiophene rings is 2. The van der Waals surface area contributed by atoms with Crippen LogP contribution in [0.1, 0.15) is 22.1 Å². The molecule has 0 unspecified atom stereocenters. The van der Waals surface area contributed by atoms with E-state index in [0.717, 1.165) is 15.3 Å². The number of amides is 1. The fourth-order valence-corrected chi connectivity index (χ4v) is 4.40. The summed E-state index contributed by atoms with van der Waals surface area (Å²) in [7, 11) is 0. The number of halogens is 1. The van der Waals surface area contributed by atoms with Crippen molar-refractivity contribution in [1.82, 2.24) is 9.88 Å². The smallest absolute Gasteiger partial charge is 0.223 e. The fourth-order valence-electron chi connectivity index (χ4n) is 2.96. The lowest BCUT2D eigenvalue weighted by molar-refractivity contribution is -0.132. The number of carbonyl (C=O) groups is 1. The molecule has 0 radical (unpaired) electrons. The summed E-state index contributed by atoms with van der Waals surface area (Å²) in [6.45, 7) is 1.20. The third kappa shape index (κ3) is 5.19. The van der Waals surface area contributed by atoms with Gasteiger partial charge in [0.25, 0.3) is 0 Å². The van der Waals surface area contributed by atoms with Crippen LogP contribution in [-0.4, -0.2) is 15.8 Å². The number of hydrogen-bond acceptors (Lipinski definition) is 5. The molecule has 0 aliphatic rings. The zero-order valence-electron chi connectivity index (χ0n) is 15.6. The van der Waals surface area contributed by atoms with E-state index in [1.165, 1.54) is 12.1 Å². The van der Waals surface area contributed by atoms with Gasteiger partial charge in [-0.2, -0.15) is 0 Å². The molecule has 0 atom stereocenters.